The van der Waals surface area contributed by atoms with Crippen molar-refractivity contribution >= 4 is 35.9 Å². The summed E-state index contributed by atoms with van der Waals surface area (Å²) in [4.78, 5) is 17.5. The molecule has 0 spiro atoms. The van der Waals surface area contributed by atoms with Gasteiger partial charge in [-0.05, 0) is 30.2 Å². The molecule has 29 heavy (non-hydrogen) atoms. The average molecular weight is 504 g/mol. The number of hydrogen-bond acceptors (Lipinski definition) is 5. The maximum Gasteiger partial charge on any atom is 0.225 e. The molecule has 1 aliphatic heterocycles. The molecular weight excluding hydrogens is 479 g/mol. The van der Waals surface area contributed by atoms with Gasteiger partial charge < -0.3 is 15.5 Å². The molecule has 1 fully saturated rings. The Morgan fingerprint density at radius 2 is 1.72 bits per heavy atom. The summed E-state index contributed by atoms with van der Waals surface area (Å²) in [6.07, 6.45) is 8.28. The highest BCUT2D eigenvalue weighted by molar-refractivity contribution is 14.0. The smallest absolute Gasteiger partial charge is 0.225 e. The lowest BCUT2D eigenvalue weighted by Crippen LogP contribution is -2.51. The van der Waals surface area contributed by atoms with Crippen molar-refractivity contribution in [1.29, 1.82) is 0 Å². The molecule has 4 rings (SSSR count). The fraction of sp³-hybridized carbons (Fsp3) is 0.300. The van der Waals surface area contributed by atoms with Crippen LogP contribution in [0.4, 0.5) is 5.95 Å². The molecule has 0 amide bonds. The number of guanidine groups is 1. The van der Waals surface area contributed by atoms with Crippen molar-refractivity contribution < 1.29 is 0 Å². The minimum absolute atomic E-state index is 0. The summed E-state index contributed by atoms with van der Waals surface area (Å²) < 4.78 is 1.88. The molecule has 0 atom stereocenters. The van der Waals surface area contributed by atoms with Crippen LogP contribution in [0.25, 0.3) is 5.69 Å². The average Bonchev–Trinajstić information content (AvgIpc) is 3.24. The van der Waals surface area contributed by atoms with Gasteiger partial charge in [0.25, 0.3) is 0 Å². The quantitative estimate of drug-likeness (QED) is 0.325. The Labute approximate surface area is 187 Å². The molecule has 0 aliphatic carbocycles. The molecule has 1 saturated heterocycles. The largest absolute Gasteiger partial charge is 0.370 e. The summed E-state index contributed by atoms with van der Waals surface area (Å²) in [6.45, 7) is 3.96. The minimum Gasteiger partial charge on any atom is -0.370 e. The van der Waals surface area contributed by atoms with E-state index in [1.165, 1.54) is 0 Å². The first-order chi connectivity index (χ1) is 13.8. The molecule has 152 valence electrons. The second-order valence-corrected chi connectivity index (χ2v) is 6.64. The third kappa shape index (κ3) is 5.43. The topological polar surface area (TPSA) is 88.5 Å². The zero-order valence-corrected chi connectivity index (χ0v) is 18.5. The van der Waals surface area contributed by atoms with Crippen molar-refractivity contribution in [2.75, 3.05) is 37.6 Å². The SMILES string of the molecule is I.NC(=NCCc1cnn(-c2ccccc2)c1)N1CCN(c2ncccn2)CC1. The van der Waals surface area contributed by atoms with E-state index in [-0.39, 0.29) is 24.0 Å². The maximum atomic E-state index is 6.20. The zero-order valence-electron chi connectivity index (χ0n) is 16.1. The van der Waals surface area contributed by atoms with Crippen LogP contribution in [0.2, 0.25) is 0 Å². The van der Waals surface area contributed by atoms with Gasteiger partial charge in [0.1, 0.15) is 0 Å². The molecule has 1 aromatic carbocycles. The van der Waals surface area contributed by atoms with Gasteiger partial charge in [-0.2, -0.15) is 5.10 Å². The number of piperazine rings is 1. The van der Waals surface area contributed by atoms with Crippen LogP contribution in [0.3, 0.4) is 0 Å². The third-order valence-corrected chi connectivity index (χ3v) is 4.77. The predicted octanol–water partition coefficient (Wildman–Crippen LogP) is 1.96. The number of benzene rings is 1. The van der Waals surface area contributed by atoms with Crippen LogP contribution >= 0.6 is 24.0 Å². The van der Waals surface area contributed by atoms with Gasteiger partial charge in [0, 0.05) is 51.3 Å². The fourth-order valence-electron chi connectivity index (χ4n) is 3.20. The van der Waals surface area contributed by atoms with Gasteiger partial charge in [-0.1, -0.05) is 18.2 Å². The molecule has 0 bridgehead atoms. The number of halogens is 1. The first kappa shape index (κ1) is 21.0. The fourth-order valence-corrected chi connectivity index (χ4v) is 3.20. The third-order valence-electron chi connectivity index (χ3n) is 4.77. The van der Waals surface area contributed by atoms with Crippen molar-refractivity contribution in [3.05, 3.63) is 66.7 Å². The molecule has 2 N–H and O–H groups in total. The highest BCUT2D eigenvalue weighted by Gasteiger charge is 2.19. The van der Waals surface area contributed by atoms with Gasteiger partial charge in [0.05, 0.1) is 11.9 Å². The van der Waals surface area contributed by atoms with E-state index in [9.17, 15) is 0 Å². The van der Waals surface area contributed by atoms with Gasteiger partial charge in [-0.3, -0.25) is 4.99 Å². The Bertz CT molecular complexity index is 905. The minimum atomic E-state index is 0. The standard InChI is InChI=1S/C20H24N8.HI/c21-19(26-11-13-27(14-12-26)20-23-8-4-9-24-20)22-10-7-17-15-25-28(16-17)18-5-2-1-3-6-18;/h1-6,8-9,15-16H,7,10-14H2,(H2,21,22);1H. The number of anilines is 1. The van der Waals surface area contributed by atoms with Crippen molar-refractivity contribution in [1.82, 2.24) is 24.6 Å². The molecule has 2 aromatic heterocycles. The van der Waals surface area contributed by atoms with E-state index in [2.05, 4.69) is 29.9 Å². The van der Waals surface area contributed by atoms with Crippen LogP contribution in [0.15, 0.2) is 66.2 Å². The van der Waals surface area contributed by atoms with Crippen molar-refractivity contribution in [3.63, 3.8) is 0 Å². The van der Waals surface area contributed by atoms with Crippen molar-refractivity contribution in [3.8, 4) is 5.69 Å². The lowest BCUT2D eigenvalue weighted by Gasteiger charge is -2.35. The van der Waals surface area contributed by atoms with Gasteiger partial charge in [0.15, 0.2) is 5.96 Å². The molecule has 0 saturated carbocycles. The number of aliphatic imine (C=N–C) groups is 1. The summed E-state index contributed by atoms with van der Waals surface area (Å²) in [5, 5.41) is 4.42. The number of hydrogen-bond donors (Lipinski definition) is 1. The summed E-state index contributed by atoms with van der Waals surface area (Å²) in [5.74, 6) is 1.37. The number of nitrogens with zero attached hydrogens (tertiary/aromatic N) is 7. The maximum absolute atomic E-state index is 6.20. The molecule has 1 aliphatic rings. The van der Waals surface area contributed by atoms with Crippen molar-refractivity contribution in [2.24, 2.45) is 10.7 Å². The molecule has 3 heterocycles. The highest BCUT2D eigenvalue weighted by atomic mass is 127. The van der Waals surface area contributed by atoms with E-state index in [0.717, 1.165) is 49.8 Å². The number of para-hydroxylation sites is 1. The van der Waals surface area contributed by atoms with Gasteiger partial charge in [-0.15, -0.1) is 24.0 Å². The van der Waals surface area contributed by atoms with Crippen LogP contribution in [0.1, 0.15) is 5.56 Å². The molecule has 0 radical (unpaired) electrons. The van der Waals surface area contributed by atoms with E-state index in [4.69, 9.17) is 5.73 Å². The second kappa shape index (κ2) is 10.2. The van der Waals surface area contributed by atoms with Crippen LogP contribution < -0.4 is 10.6 Å². The molecular formula is C20H25IN8. The Morgan fingerprint density at radius 3 is 2.45 bits per heavy atom. The number of aromatic nitrogens is 4. The van der Waals surface area contributed by atoms with E-state index >= 15 is 0 Å². The van der Waals surface area contributed by atoms with E-state index in [1.807, 2.05) is 53.5 Å². The zero-order chi connectivity index (χ0) is 19.2. The molecule has 8 nitrogen and oxygen atoms in total. The van der Waals surface area contributed by atoms with E-state index in [1.54, 1.807) is 12.4 Å². The van der Waals surface area contributed by atoms with E-state index < -0.39 is 0 Å². The Morgan fingerprint density at radius 1 is 1.00 bits per heavy atom. The van der Waals surface area contributed by atoms with Gasteiger partial charge in [0.2, 0.25) is 5.95 Å². The van der Waals surface area contributed by atoms with Crippen LogP contribution in [-0.2, 0) is 6.42 Å². The van der Waals surface area contributed by atoms with Crippen LogP contribution in [0.5, 0.6) is 0 Å². The van der Waals surface area contributed by atoms with E-state index in [0.29, 0.717) is 12.5 Å². The lowest BCUT2D eigenvalue weighted by atomic mass is 10.2. The van der Waals surface area contributed by atoms with Crippen molar-refractivity contribution in [2.45, 2.75) is 6.42 Å². The Hall–Kier alpha value is -2.69. The number of nitrogens with two attached hydrogens (primary N) is 1. The number of rotatable bonds is 5. The Kier molecular flexibility index (Phi) is 7.39. The molecule has 9 heteroatoms. The highest BCUT2D eigenvalue weighted by Crippen LogP contribution is 2.10. The first-order valence-electron chi connectivity index (χ1n) is 9.45. The molecule has 3 aromatic rings. The summed E-state index contributed by atoms with van der Waals surface area (Å²) in [5.41, 5.74) is 8.40. The van der Waals surface area contributed by atoms with Gasteiger partial charge >= 0.3 is 0 Å². The summed E-state index contributed by atoms with van der Waals surface area (Å²) in [6, 6.07) is 11.9. The second-order valence-electron chi connectivity index (χ2n) is 6.64. The van der Waals surface area contributed by atoms with Crippen LogP contribution in [0, 0.1) is 0 Å². The lowest BCUT2D eigenvalue weighted by molar-refractivity contribution is 0.378. The summed E-state index contributed by atoms with van der Waals surface area (Å²) >= 11 is 0. The first-order valence-corrected chi connectivity index (χ1v) is 9.45. The normalized spacial score (nSPS) is 14.6. The monoisotopic (exact) mass is 504 g/mol. The Balaban J connectivity index is 0.00000240. The van der Waals surface area contributed by atoms with Gasteiger partial charge in [-0.25, -0.2) is 14.6 Å². The summed E-state index contributed by atoms with van der Waals surface area (Å²) in [7, 11) is 0. The molecule has 0 unspecified atom stereocenters. The van der Waals surface area contributed by atoms with Crippen LogP contribution in [-0.4, -0.2) is 63.3 Å². The predicted molar refractivity (Wildman–Crippen MR) is 125 cm³/mol.